The number of nitro groups is 2. The van der Waals surface area contributed by atoms with Crippen LogP contribution in [0.2, 0.25) is 5.02 Å². The molecule has 15 aromatic rings. The molecule has 0 spiro atoms. The predicted octanol–water partition coefficient (Wildman–Crippen LogP) is 14.5. The number of halogens is 1. The minimum absolute atomic E-state index is 0.0486. The van der Waals surface area contributed by atoms with Crippen LogP contribution in [-0.4, -0.2) is 234 Å². The van der Waals surface area contributed by atoms with Gasteiger partial charge in [0.15, 0.2) is 11.3 Å². The molecule has 0 saturated carbocycles. The van der Waals surface area contributed by atoms with E-state index in [4.69, 9.17) is 81.6 Å². The molecule has 15 rings (SSSR count). The van der Waals surface area contributed by atoms with Crippen LogP contribution in [-0.2, 0) is 63.2 Å². The van der Waals surface area contributed by atoms with Crippen molar-refractivity contribution in [3.05, 3.63) is 188 Å². The monoisotopic (exact) mass is 2000 g/mol. The molecule has 0 atom stereocenters. The summed E-state index contributed by atoms with van der Waals surface area (Å²) in [5, 5.41) is 112. The molecule has 0 radical (unpaired) electrons. The van der Waals surface area contributed by atoms with Gasteiger partial charge in [-0.15, -0.1) is 0 Å². The summed E-state index contributed by atoms with van der Waals surface area (Å²) in [5.41, 5.74) is 21.5. The molecule has 0 amide bonds. The van der Waals surface area contributed by atoms with Crippen LogP contribution in [0, 0.1) is 25.4 Å². The Kier molecular flexibility index (Phi) is 40.5. The van der Waals surface area contributed by atoms with E-state index in [0.29, 0.717) is 180 Å². The molecule has 43 heteroatoms. The molecule has 42 nitrogen and oxygen atoms in total. The summed E-state index contributed by atoms with van der Waals surface area (Å²) in [6, 6.07) is 32.7. The molecule has 6 aromatic carbocycles. The van der Waals surface area contributed by atoms with Crippen LogP contribution in [0.5, 0.6) is 34.5 Å². The highest BCUT2D eigenvalue weighted by molar-refractivity contribution is 6.38. The Morgan fingerprint density at radius 1 is 0.427 bits per heavy atom. The third kappa shape index (κ3) is 31.1. The number of benzene rings is 6. The van der Waals surface area contributed by atoms with Crippen LogP contribution in [0.25, 0.3) is 98.5 Å². The number of nitrogens with two attached hydrogens (primary N) is 3. The molecular formula is C100H132ClN19O23. The molecule has 15 N–H and O–H groups in total. The van der Waals surface area contributed by atoms with E-state index in [1.54, 1.807) is 179 Å². The number of carboxylic acid groups (broad SMARTS) is 1. The summed E-state index contributed by atoms with van der Waals surface area (Å²) in [6.45, 7) is 33.1. The second-order valence-corrected chi connectivity index (χ2v) is 36.5. The number of carboxylic acids is 1. The number of aromatic nitrogens is 12. The molecule has 0 fully saturated rings. The van der Waals surface area contributed by atoms with E-state index in [1.807, 2.05) is 95.1 Å². The largest absolute Gasteiger partial charge is 0.618 e. The third-order valence-corrected chi connectivity index (χ3v) is 21.1. The number of aliphatic hydroxyl groups is 6. The van der Waals surface area contributed by atoms with E-state index in [9.17, 15) is 55.8 Å². The van der Waals surface area contributed by atoms with Crippen molar-refractivity contribution in [3.63, 3.8) is 0 Å². The van der Waals surface area contributed by atoms with Gasteiger partial charge in [-0.1, -0.05) is 48.0 Å². The molecule has 0 saturated heterocycles. The lowest BCUT2D eigenvalue weighted by Gasteiger charge is -2.21. The maximum absolute atomic E-state index is 12.4. The van der Waals surface area contributed by atoms with Crippen molar-refractivity contribution in [2.45, 2.75) is 184 Å². The Morgan fingerprint density at radius 2 is 0.769 bits per heavy atom. The number of hydrogen-bond acceptors (Lipinski definition) is 35. The number of anilines is 4. The van der Waals surface area contributed by atoms with Gasteiger partial charge >= 0.3 is 17.3 Å². The highest BCUT2D eigenvalue weighted by atomic mass is 35.5. The maximum atomic E-state index is 12.4. The van der Waals surface area contributed by atoms with Gasteiger partial charge in [-0.05, 0) is 178 Å². The number of carbonyl (C=O) groups is 1. The third-order valence-electron chi connectivity index (χ3n) is 20.7. The Hall–Kier alpha value is -13.9. The Morgan fingerprint density at radius 3 is 1.17 bits per heavy atom. The normalized spacial score (nSPS) is 11.6. The minimum Gasteiger partial charge on any atom is -0.618 e. The number of imidazole rings is 3. The van der Waals surface area contributed by atoms with Gasteiger partial charge in [0.1, 0.15) is 118 Å². The molecule has 0 aliphatic heterocycles. The molecule has 0 unspecified atom stereocenters. The van der Waals surface area contributed by atoms with Crippen molar-refractivity contribution < 1.29 is 102 Å². The Balaban J connectivity index is 0.000000205. The zero-order valence-corrected chi connectivity index (χ0v) is 85.5. The van der Waals surface area contributed by atoms with Gasteiger partial charge in [0.2, 0.25) is 11.7 Å². The number of methoxy groups -OCH3 is 6. The molecule has 9 aromatic heterocycles. The fourth-order valence-electron chi connectivity index (χ4n) is 14.5. The van der Waals surface area contributed by atoms with Crippen LogP contribution in [0.15, 0.2) is 140 Å². The van der Waals surface area contributed by atoms with Gasteiger partial charge in [0.05, 0.1) is 201 Å². The summed E-state index contributed by atoms with van der Waals surface area (Å²) in [4.78, 5) is 65.7. The Bertz CT molecular complexity index is 6860. The quantitative estimate of drug-likeness (QED) is 0.00786. The second kappa shape index (κ2) is 50.7. The van der Waals surface area contributed by atoms with Crippen molar-refractivity contribution >= 4 is 150 Å². The summed E-state index contributed by atoms with van der Waals surface area (Å²) in [5.74, 6) is 5.26. The lowest BCUT2D eigenvalue weighted by Crippen LogP contribution is -2.29. The minimum atomic E-state index is -1.01. The van der Waals surface area contributed by atoms with Gasteiger partial charge in [-0.2, -0.15) is 4.73 Å². The van der Waals surface area contributed by atoms with E-state index in [0.717, 1.165) is 83.0 Å². The van der Waals surface area contributed by atoms with E-state index < -0.39 is 49.4 Å². The van der Waals surface area contributed by atoms with Crippen molar-refractivity contribution in [2.24, 2.45) is 5.73 Å². The van der Waals surface area contributed by atoms with Gasteiger partial charge < -0.3 is 130 Å². The number of hydrogen-bond donors (Lipinski definition) is 12. The first kappa shape index (κ1) is 114. The predicted molar refractivity (Wildman–Crippen MR) is 552 cm³/mol. The SMILES string of the molecule is CC(C)(O)CN.CCOCC(=O)O.CCOCc1nc2c(N)nc3cccc(OC)c3c2n1CC(C)(C)O.CCOCc1nc2c[n+]([O-])c3cccc(OC)c3c2n1CC(C)(C)O.CCOCc1nc2cnc3cccc(OC)c3c2n1CC(C)(C)O.COc1cccc2ncc(N)c(NCC(C)(C)O)c12.COc1cccc2ncc([N+](=O)[O-])c(Cl)c12.COc1cccc2ncc([N+](=O)[O-])c(NCC(C)(C)O)c12. The van der Waals surface area contributed by atoms with Crippen molar-refractivity contribution in [2.75, 3.05) is 117 Å². The summed E-state index contributed by atoms with van der Waals surface area (Å²) < 4.78 is 60.1. The van der Waals surface area contributed by atoms with Crippen LogP contribution in [0.1, 0.15) is 128 Å². The van der Waals surface area contributed by atoms with E-state index in [-0.39, 0.29) is 29.5 Å². The van der Waals surface area contributed by atoms with Crippen molar-refractivity contribution in [1.29, 1.82) is 0 Å². The molecular weight excluding hydrogens is 1870 g/mol. The second-order valence-electron chi connectivity index (χ2n) is 36.2. The molecule has 0 bridgehead atoms. The molecule has 772 valence electrons. The van der Waals surface area contributed by atoms with Crippen LogP contribution in [0.4, 0.5) is 34.3 Å². The average Bonchev–Trinajstić information content (AvgIpc) is 1.64. The number of aliphatic carboxylic acids is 1. The fraction of sp³-hybridized carbons (Fsp3) is 0.420. The van der Waals surface area contributed by atoms with Gasteiger partial charge in [0.25, 0.3) is 0 Å². The first-order valence-corrected chi connectivity index (χ1v) is 45.9. The molecule has 143 heavy (non-hydrogen) atoms. The highest BCUT2D eigenvalue weighted by Crippen LogP contribution is 2.43. The molecule has 0 aliphatic rings. The number of ether oxygens (including phenoxy) is 10. The van der Waals surface area contributed by atoms with Gasteiger partial charge in [0, 0.05) is 52.1 Å². The standard InChI is InChI=1S/C18H24N4O3.C18H23N3O4.C18H23N3O3.C14H17N3O4.C14H19N3O2.C10H7ClN2O3.C4H11NO.C4H8O3/c1-5-25-9-13-21-15-16(22(13)10-18(2,3)23)14-11(20-17(15)19)7-6-8-12(14)24-4;1-5-25-10-15-19-12-9-21(23)13-7-6-8-14(24-4)16(13)17(12)20(15)11-18(2,3)22;1-5-24-10-15-20-13-9-19-12-7-6-8-14(23-4)16(12)17(13)21(15)11-18(2,3)22;1-14(2,18)8-16-13-10(17(19)20)7-15-9-5-4-6-11(21-3)12(9)13;1-14(2,18)8-17-13-9(15)7-16-10-5-4-6-11(19-3)12(10)13;1-16-8-4-2-3-6-9(8)10(11)7(5-12-6)13(14)15;1-4(2,6)3-5;1-2-7-3-4(5)6/h6-8,23H,5,9-10H2,1-4H3,(H2,19,20);6-9,22H,5,10-11H2,1-4H3;6-9,22H,5,10-11H2,1-4H3;4-7,18H,8H2,1-3H3,(H,15,16);4-7,18H,8,15H2,1-3H3,(H,16,17);2-5H,1H3;6H,3,5H2,1-2H3;2-3H2,1H3,(H,5,6). The summed E-state index contributed by atoms with van der Waals surface area (Å²) >= 11 is 5.96. The van der Waals surface area contributed by atoms with Crippen LogP contribution >= 0.6 is 11.6 Å². The van der Waals surface area contributed by atoms with Crippen molar-refractivity contribution in [1.82, 2.24) is 53.6 Å². The van der Waals surface area contributed by atoms with Gasteiger partial charge in [-0.25, -0.2) is 34.7 Å². The van der Waals surface area contributed by atoms with Crippen molar-refractivity contribution in [3.8, 4) is 34.5 Å². The zero-order valence-electron chi connectivity index (χ0n) is 84.7. The maximum Gasteiger partial charge on any atom is 0.329 e. The first-order chi connectivity index (χ1) is 67.4. The van der Waals surface area contributed by atoms with E-state index >= 15 is 0 Å². The number of fused-ring (bicyclic) bond motifs is 12. The number of rotatable bonds is 33. The number of pyridine rings is 6. The topological polar surface area (TPSA) is 584 Å². The van der Waals surface area contributed by atoms with Gasteiger partial charge in [-0.3, -0.25) is 30.2 Å². The molecule has 0 aliphatic carbocycles. The lowest BCUT2D eigenvalue weighted by atomic mass is 10.1. The average molecular weight is 2000 g/mol. The molecule has 9 heterocycles. The smallest absolute Gasteiger partial charge is 0.329 e. The van der Waals surface area contributed by atoms with E-state index in [2.05, 4.69) is 55.2 Å². The summed E-state index contributed by atoms with van der Waals surface area (Å²) in [7, 11) is 9.41. The first-order valence-electron chi connectivity index (χ1n) is 45.5. The Labute approximate surface area is 831 Å². The van der Waals surface area contributed by atoms with Crippen LogP contribution < -0.4 is 61.0 Å². The number of nitrogens with one attached hydrogen (secondary N) is 2. The van der Waals surface area contributed by atoms with Crippen LogP contribution in [0.3, 0.4) is 0 Å². The van der Waals surface area contributed by atoms with E-state index in [1.165, 1.54) is 26.6 Å². The number of nitrogens with zero attached hydrogens (tertiary/aromatic N) is 14. The fourth-order valence-corrected chi connectivity index (χ4v) is 14.8. The number of nitrogen functional groups attached to an aromatic ring is 2. The lowest BCUT2D eigenvalue weighted by molar-refractivity contribution is -0.575. The highest BCUT2D eigenvalue weighted by Gasteiger charge is 2.31. The zero-order chi connectivity index (χ0) is 106. The summed E-state index contributed by atoms with van der Waals surface area (Å²) in [6.07, 6.45) is 7.16.